The van der Waals surface area contributed by atoms with Crippen LogP contribution < -0.4 is 5.32 Å². The lowest BCUT2D eigenvalue weighted by molar-refractivity contribution is 0.0658. The number of nitrogens with zero attached hydrogens (tertiary/aromatic N) is 1. The minimum atomic E-state index is 0.110. The van der Waals surface area contributed by atoms with Crippen molar-refractivity contribution in [2.75, 3.05) is 18.5 Å². The molecule has 3 heteroatoms. The summed E-state index contributed by atoms with van der Waals surface area (Å²) in [6.07, 6.45) is 2.04. The van der Waals surface area contributed by atoms with Gasteiger partial charge in [-0.2, -0.15) is 5.26 Å². The molecule has 2 rings (SSSR count). The Morgan fingerprint density at radius 3 is 2.65 bits per heavy atom. The molecule has 1 aliphatic heterocycles. The van der Waals surface area contributed by atoms with Gasteiger partial charge in [0.25, 0.3) is 0 Å². The highest BCUT2D eigenvalue weighted by Gasteiger charge is 2.26. The molecule has 1 heterocycles. The molecule has 1 aromatic rings. The Morgan fingerprint density at radius 2 is 2.06 bits per heavy atom. The molecule has 0 bridgehead atoms. The third kappa shape index (κ3) is 2.78. The molecule has 1 N–H and O–H groups in total. The number of anilines is 1. The number of ether oxygens (including phenoxy) is 1. The second kappa shape index (κ2) is 4.77. The van der Waals surface area contributed by atoms with Crippen molar-refractivity contribution < 1.29 is 4.74 Å². The van der Waals surface area contributed by atoms with E-state index in [9.17, 15) is 0 Å². The number of nitriles is 1. The van der Waals surface area contributed by atoms with Gasteiger partial charge in [-0.25, -0.2) is 0 Å². The molecule has 3 nitrogen and oxygen atoms in total. The zero-order valence-corrected chi connectivity index (χ0v) is 10.4. The van der Waals surface area contributed by atoms with E-state index in [1.165, 1.54) is 0 Å². The summed E-state index contributed by atoms with van der Waals surface area (Å²) in [5.74, 6) is 0. The van der Waals surface area contributed by atoms with Crippen LogP contribution in [-0.2, 0) is 4.74 Å². The molecule has 0 aliphatic carbocycles. The quantitative estimate of drug-likeness (QED) is 0.849. The van der Waals surface area contributed by atoms with Crippen molar-refractivity contribution in [3.05, 3.63) is 29.3 Å². The predicted molar refractivity (Wildman–Crippen MR) is 68.0 cm³/mol. The van der Waals surface area contributed by atoms with Gasteiger partial charge in [0.05, 0.1) is 11.6 Å². The standard InChI is InChI=1S/C14H18N2O/c1-11-9-13(4-3-12(11)10-15)16-14(2)5-7-17-8-6-14/h3-4,9,16H,5-8H2,1-2H3. The van der Waals surface area contributed by atoms with Gasteiger partial charge in [-0.3, -0.25) is 0 Å². The Morgan fingerprint density at radius 1 is 1.35 bits per heavy atom. The van der Waals surface area contributed by atoms with E-state index < -0.39 is 0 Å². The Hall–Kier alpha value is -1.53. The van der Waals surface area contributed by atoms with E-state index in [-0.39, 0.29) is 5.54 Å². The van der Waals surface area contributed by atoms with Gasteiger partial charge in [-0.15, -0.1) is 0 Å². The lowest BCUT2D eigenvalue weighted by Gasteiger charge is -2.35. The highest BCUT2D eigenvalue weighted by Crippen LogP contribution is 2.26. The average molecular weight is 230 g/mol. The third-order valence-electron chi connectivity index (χ3n) is 3.39. The molecule has 1 saturated heterocycles. The van der Waals surface area contributed by atoms with Crippen molar-refractivity contribution in [3.8, 4) is 6.07 Å². The van der Waals surface area contributed by atoms with Gasteiger partial charge in [0.2, 0.25) is 0 Å². The van der Waals surface area contributed by atoms with Crippen molar-refractivity contribution in [1.82, 2.24) is 0 Å². The van der Waals surface area contributed by atoms with Crippen LogP contribution in [0.1, 0.15) is 30.9 Å². The molecule has 1 aliphatic rings. The highest BCUT2D eigenvalue weighted by atomic mass is 16.5. The molecule has 17 heavy (non-hydrogen) atoms. The third-order valence-corrected chi connectivity index (χ3v) is 3.39. The summed E-state index contributed by atoms with van der Waals surface area (Å²) in [6, 6.07) is 8.08. The van der Waals surface area contributed by atoms with Crippen molar-refractivity contribution >= 4 is 5.69 Å². The molecule has 0 saturated carbocycles. The normalized spacial score (nSPS) is 18.4. The summed E-state index contributed by atoms with van der Waals surface area (Å²) in [6.45, 7) is 5.83. The molecular formula is C14H18N2O. The van der Waals surface area contributed by atoms with Crippen LogP contribution in [0.25, 0.3) is 0 Å². The molecule has 0 aromatic heterocycles. The first-order valence-electron chi connectivity index (χ1n) is 6.00. The van der Waals surface area contributed by atoms with Crippen LogP contribution in [0, 0.1) is 18.3 Å². The van der Waals surface area contributed by atoms with E-state index in [0.717, 1.165) is 42.9 Å². The summed E-state index contributed by atoms with van der Waals surface area (Å²) in [4.78, 5) is 0. The van der Waals surface area contributed by atoms with Gasteiger partial charge in [-0.05, 0) is 50.5 Å². The Balaban J connectivity index is 2.13. The van der Waals surface area contributed by atoms with Crippen LogP contribution in [0.3, 0.4) is 0 Å². The van der Waals surface area contributed by atoms with Crippen molar-refractivity contribution in [2.45, 2.75) is 32.2 Å². The van der Waals surface area contributed by atoms with Crippen molar-refractivity contribution in [3.63, 3.8) is 0 Å². The van der Waals surface area contributed by atoms with Gasteiger partial charge < -0.3 is 10.1 Å². The highest BCUT2D eigenvalue weighted by molar-refractivity contribution is 5.52. The Kier molecular flexibility index (Phi) is 3.35. The first-order chi connectivity index (χ1) is 8.13. The molecule has 1 aromatic carbocycles. The molecule has 0 unspecified atom stereocenters. The number of aryl methyl sites for hydroxylation is 1. The summed E-state index contributed by atoms with van der Waals surface area (Å²) in [5, 5.41) is 12.5. The second-order valence-electron chi connectivity index (χ2n) is 4.94. The van der Waals surface area contributed by atoms with E-state index in [0.29, 0.717) is 0 Å². The fourth-order valence-electron chi connectivity index (χ4n) is 2.16. The summed E-state index contributed by atoms with van der Waals surface area (Å²) >= 11 is 0. The molecular weight excluding hydrogens is 212 g/mol. The number of hydrogen-bond acceptors (Lipinski definition) is 3. The van der Waals surface area contributed by atoms with Crippen molar-refractivity contribution in [1.29, 1.82) is 5.26 Å². The topological polar surface area (TPSA) is 45.0 Å². The van der Waals surface area contributed by atoms with Gasteiger partial charge in [0, 0.05) is 24.4 Å². The summed E-state index contributed by atoms with van der Waals surface area (Å²) in [7, 11) is 0. The minimum absolute atomic E-state index is 0.110. The first-order valence-corrected chi connectivity index (χ1v) is 6.00. The average Bonchev–Trinajstić information content (AvgIpc) is 2.29. The van der Waals surface area contributed by atoms with E-state index in [1.54, 1.807) is 0 Å². The van der Waals surface area contributed by atoms with E-state index in [2.05, 4.69) is 18.3 Å². The maximum absolute atomic E-state index is 8.89. The van der Waals surface area contributed by atoms with Gasteiger partial charge in [0.1, 0.15) is 0 Å². The Labute approximate surface area is 102 Å². The van der Waals surface area contributed by atoms with Crippen LogP contribution in [0.2, 0.25) is 0 Å². The van der Waals surface area contributed by atoms with Crippen LogP contribution in [-0.4, -0.2) is 18.8 Å². The van der Waals surface area contributed by atoms with Gasteiger partial charge in [-0.1, -0.05) is 0 Å². The predicted octanol–water partition coefficient (Wildman–Crippen LogP) is 2.85. The SMILES string of the molecule is Cc1cc(NC2(C)CCOCC2)ccc1C#N. The minimum Gasteiger partial charge on any atom is -0.381 e. The molecule has 0 spiro atoms. The van der Waals surface area contributed by atoms with E-state index >= 15 is 0 Å². The molecule has 0 atom stereocenters. The van der Waals surface area contributed by atoms with Gasteiger partial charge >= 0.3 is 0 Å². The van der Waals surface area contributed by atoms with Crippen LogP contribution in [0.5, 0.6) is 0 Å². The lowest BCUT2D eigenvalue weighted by Crippen LogP contribution is -2.40. The summed E-state index contributed by atoms with van der Waals surface area (Å²) in [5.41, 5.74) is 2.96. The monoisotopic (exact) mass is 230 g/mol. The van der Waals surface area contributed by atoms with Crippen molar-refractivity contribution in [2.24, 2.45) is 0 Å². The fraction of sp³-hybridized carbons (Fsp3) is 0.500. The molecule has 0 radical (unpaired) electrons. The van der Waals surface area contributed by atoms with Crippen LogP contribution >= 0.6 is 0 Å². The molecule has 1 fully saturated rings. The zero-order chi connectivity index (χ0) is 12.3. The Bertz CT molecular complexity index is 442. The number of benzene rings is 1. The largest absolute Gasteiger partial charge is 0.381 e. The maximum atomic E-state index is 8.89. The number of hydrogen-bond donors (Lipinski definition) is 1. The zero-order valence-electron chi connectivity index (χ0n) is 10.4. The smallest absolute Gasteiger partial charge is 0.0994 e. The molecule has 0 amide bonds. The maximum Gasteiger partial charge on any atom is 0.0994 e. The van der Waals surface area contributed by atoms with Gasteiger partial charge in [0.15, 0.2) is 0 Å². The lowest BCUT2D eigenvalue weighted by atomic mass is 9.92. The molecule has 90 valence electrons. The van der Waals surface area contributed by atoms with Crippen LogP contribution in [0.4, 0.5) is 5.69 Å². The number of nitrogens with one attached hydrogen (secondary N) is 1. The number of rotatable bonds is 2. The summed E-state index contributed by atoms with van der Waals surface area (Å²) < 4.78 is 5.38. The second-order valence-corrected chi connectivity index (χ2v) is 4.94. The first kappa shape index (κ1) is 11.9. The fourth-order valence-corrected chi connectivity index (χ4v) is 2.16. The van der Waals surface area contributed by atoms with E-state index in [1.807, 2.05) is 25.1 Å². The van der Waals surface area contributed by atoms with Crippen LogP contribution in [0.15, 0.2) is 18.2 Å². The van der Waals surface area contributed by atoms with E-state index in [4.69, 9.17) is 10.00 Å².